The predicted octanol–water partition coefficient (Wildman–Crippen LogP) is 0.879. The van der Waals surface area contributed by atoms with Gasteiger partial charge in [-0.1, -0.05) is 0 Å². The molecule has 0 spiro atoms. The van der Waals surface area contributed by atoms with Crippen molar-refractivity contribution in [3.8, 4) is 0 Å². The predicted molar refractivity (Wildman–Crippen MR) is 82.2 cm³/mol. The van der Waals surface area contributed by atoms with Crippen molar-refractivity contribution in [3.63, 3.8) is 0 Å². The van der Waals surface area contributed by atoms with Crippen LogP contribution in [0.5, 0.6) is 0 Å². The molecule has 0 amide bonds. The molecule has 0 saturated carbocycles. The SMILES string of the molecule is Cc1nn(C)c(C)c1CNc1cc(S(N)(=O)=O)ccc1N. The van der Waals surface area contributed by atoms with E-state index < -0.39 is 10.0 Å². The Morgan fingerprint density at radius 1 is 1.33 bits per heavy atom. The van der Waals surface area contributed by atoms with Gasteiger partial charge in [-0.2, -0.15) is 5.10 Å². The number of primary sulfonamides is 1. The van der Waals surface area contributed by atoms with Crippen molar-refractivity contribution < 1.29 is 8.42 Å². The van der Waals surface area contributed by atoms with Gasteiger partial charge in [0.05, 0.1) is 22.0 Å². The fourth-order valence-electron chi connectivity index (χ4n) is 2.12. The fourth-order valence-corrected chi connectivity index (χ4v) is 2.66. The summed E-state index contributed by atoms with van der Waals surface area (Å²) >= 11 is 0. The molecular weight excluding hydrogens is 290 g/mol. The Bertz CT molecular complexity index is 780. The number of aryl methyl sites for hydroxylation is 2. The highest BCUT2D eigenvalue weighted by molar-refractivity contribution is 7.89. The van der Waals surface area contributed by atoms with E-state index in [0.29, 0.717) is 17.9 Å². The van der Waals surface area contributed by atoms with Crippen LogP contribution in [-0.4, -0.2) is 18.2 Å². The van der Waals surface area contributed by atoms with Crippen molar-refractivity contribution in [3.05, 3.63) is 35.2 Å². The molecule has 1 heterocycles. The van der Waals surface area contributed by atoms with Crippen LogP contribution >= 0.6 is 0 Å². The topological polar surface area (TPSA) is 116 Å². The smallest absolute Gasteiger partial charge is 0.238 e. The van der Waals surface area contributed by atoms with Gasteiger partial charge in [0.1, 0.15) is 0 Å². The molecule has 2 rings (SSSR count). The van der Waals surface area contributed by atoms with Gasteiger partial charge >= 0.3 is 0 Å². The van der Waals surface area contributed by atoms with Gasteiger partial charge in [-0.15, -0.1) is 0 Å². The molecule has 0 aliphatic carbocycles. The summed E-state index contributed by atoms with van der Waals surface area (Å²) in [7, 11) is -1.87. The maximum Gasteiger partial charge on any atom is 0.238 e. The van der Waals surface area contributed by atoms with Crippen molar-refractivity contribution in [1.82, 2.24) is 9.78 Å². The van der Waals surface area contributed by atoms with E-state index in [1.807, 2.05) is 20.9 Å². The van der Waals surface area contributed by atoms with Crippen LogP contribution in [0.1, 0.15) is 17.0 Å². The zero-order valence-electron chi connectivity index (χ0n) is 12.2. The lowest BCUT2D eigenvalue weighted by Gasteiger charge is -2.11. The van der Waals surface area contributed by atoms with Gasteiger partial charge in [0.25, 0.3) is 0 Å². The van der Waals surface area contributed by atoms with E-state index in [-0.39, 0.29) is 4.90 Å². The number of aromatic nitrogens is 2. The molecule has 1 aromatic heterocycles. The summed E-state index contributed by atoms with van der Waals surface area (Å²) in [6, 6.07) is 4.34. The van der Waals surface area contributed by atoms with E-state index in [4.69, 9.17) is 10.9 Å². The molecule has 0 aliphatic rings. The highest BCUT2D eigenvalue weighted by Crippen LogP contribution is 2.23. The Labute approximate surface area is 124 Å². The number of nitrogens with zero attached hydrogens (tertiary/aromatic N) is 2. The first-order valence-electron chi connectivity index (χ1n) is 6.35. The van der Waals surface area contributed by atoms with E-state index in [9.17, 15) is 8.42 Å². The maximum absolute atomic E-state index is 11.4. The number of nitrogens with two attached hydrogens (primary N) is 2. The van der Waals surface area contributed by atoms with Crippen molar-refractivity contribution in [2.75, 3.05) is 11.1 Å². The van der Waals surface area contributed by atoms with Crippen LogP contribution in [0.25, 0.3) is 0 Å². The largest absolute Gasteiger partial charge is 0.397 e. The van der Waals surface area contributed by atoms with E-state index in [1.54, 1.807) is 4.68 Å². The molecule has 21 heavy (non-hydrogen) atoms. The fraction of sp³-hybridized carbons (Fsp3) is 0.308. The van der Waals surface area contributed by atoms with Crippen LogP contribution in [0.2, 0.25) is 0 Å². The molecule has 114 valence electrons. The van der Waals surface area contributed by atoms with Crippen molar-refractivity contribution in [2.45, 2.75) is 25.3 Å². The lowest BCUT2D eigenvalue weighted by atomic mass is 10.2. The monoisotopic (exact) mass is 309 g/mol. The third-order valence-electron chi connectivity index (χ3n) is 3.47. The number of hydrogen-bond donors (Lipinski definition) is 3. The molecule has 0 unspecified atom stereocenters. The molecule has 0 aliphatic heterocycles. The molecule has 0 saturated heterocycles. The summed E-state index contributed by atoms with van der Waals surface area (Å²) in [5.74, 6) is 0. The average Bonchev–Trinajstić information content (AvgIpc) is 2.62. The number of benzene rings is 1. The minimum Gasteiger partial charge on any atom is -0.397 e. The minimum atomic E-state index is -3.75. The number of rotatable bonds is 4. The Morgan fingerprint density at radius 2 is 2.00 bits per heavy atom. The molecule has 0 bridgehead atoms. The summed E-state index contributed by atoms with van der Waals surface area (Å²) in [6.07, 6.45) is 0. The van der Waals surface area contributed by atoms with Crippen molar-refractivity contribution >= 4 is 21.4 Å². The summed E-state index contributed by atoms with van der Waals surface area (Å²) in [6.45, 7) is 4.40. The first-order chi connectivity index (χ1) is 9.70. The summed E-state index contributed by atoms with van der Waals surface area (Å²) < 4.78 is 24.6. The molecule has 0 atom stereocenters. The van der Waals surface area contributed by atoms with Gasteiger partial charge in [-0.05, 0) is 32.0 Å². The quantitative estimate of drug-likeness (QED) is 0.725. The summed E-state index contributed by atoms with van der Waals surface area (Å²) in [5, 5.41) is 12.6. The molecule has 0 radical (unpaired) electrons. The minimum absolute atomic E-state index is 0.0267. The first kappa shape index (κ1) is 15.3. The number of sulfonamides is 1. The molecule has 5 N–H and O–H groups in total. The van der Waals surface area contributed by atoms with Gasteiger partial charge in [0.15, 0.2) is 0 Å². The van der Waals surface area contributed by atoms with Crippen LogP contribution in [-0.2, 0) is 23.6 Å². The normalized spacial score (nSPS) is 11.6. The van der Waals surface area contributed by atoms with E-state index in [0.717, 1.165) is 17.0 Å². The second-order valence-electron chi connectivity index (χ2n) is 4.92. The lowest BCUT2D eigenvalue weighted by Crippen LogP contribution is -2.13. The average molecular weight is 309 g/mol. The molecule has 7 nitrogen and oxygen atoms in total. The summed E-state index contributed by atoms with van der Waals surface area (Å²) in [4.78, 5) is 0.0267. The zero-order chi connectivity index (χ0) is 15.8. The Balaban J connectivity index is 2.28. The Morgan fingerprint density at radius 3 is 2.52 bits per heavy atom. The van der Waals surface area contributed by atoms with E-state index in [1.165, 1.54) is 18.2 Å². The first-order valence-corrected chi connectivity index (χ1v) is 7.90. The molecule has 8 heteroatoms. The third kappa shape index (κ3) is 3.17. The highest BCUT2D eigenvalue weighted by Gasteiger charge is 2.12. The van der Waals surface area contributed by atoms with Crippen LogP contribution in [0.4, 0.5) is 11.4 Å². The standard InChI is InChI=1S/C13H19N5O2S/c1-8-11(9(2)18(3)17-8)7-16-13-6-10(21(15,19)20)4-5-12(13)14/h4-6,16H,7,14H2,1-3H3,(H2,15,19,20). The number of nitrogens with one attached hydrogen (secondary N) is 1. The molecule has 0 fully saturated rings. The number of anilines is 2. The van der Waals surface area contributed by atoms with Gasteiger partial charge < -0.3 is 11.1 Å². The van der Waals surface area contributed by atoms with Crippen LogP contribution in [0.15, 0.2) is 23.1 Å². The Hall–Kier alpha value is -2.06. The molecular formula is C13H19N5O2S. The van der Waals surface area contributed by atoms with Crippen LogP contribution in [0.3, 0.4) is 0 Å². The van der Waals surface area contributed by atoms with Crippen LogP contribution < -0.4 is 16.2 Å². The molecule has 1 aromatic carbocycles. The van der Waals surface area contributed by atoms with Gasteiger partial charge in [-0.25, -0.2) is 13.6 Å². The van der Waals surface area contributed by atoms with Crippen LogP contribution in [0, 0.1) is 13.8 Å². The second kappa shape index (κ2) is 5.38. The lowest BCUT2D eigenvalue weighted by molar-refractivity contribution is 0.598. The molecule has 2 aromatic rings. The number of hydrogen-bond acceptors (Lipinski definition) is 5. The van der Waals surface area contributed by atoms with Gasteiger partial charge in [-0.3, -0.25) is 4.68 Å². The summed E-state index contributed by atoms with van der Waals surface area (Å²) in [5.41, 5.74) is 9.87. The zero-order valence-corrected chi connectivity index (χ0v) is 13.0. The second-order valence-corrected chi connectivity index (χ2v) is 6.48. The van der Waals surface area contributed by atoms with Crippen molar-refractivity contribution in [1.29, 1.82) is 0 Å². The van der Waals surface area contributed by atoms with Gasteiger partial charge in [0.2, 0.25) is 10.0 Å². The highest BCUT2D eigenvalue weighted by atomic mass is 32.2. The van der Waals surface area contributed by atoms with E-state index >= 15 is 0 Å². The Kier molecular flexibility index (Phi) is 3.93. The third-order valence-corrected chi connectivity index (χ3v) is 4.38. The number of nitrogen functional groups attached to an aromatic ring is 1. The van der Waals surface area contributed by atoms with E-state index in [2.05, 4.69) is 10.4 Å². The van der Waals surface area contributed by atoms with Crippen molar-refractivity contribution in [2.24, 2.45) is 12.2 Å². The maximum atomic E-state index is 11.4. The van der Waals surface area contributed by atoms with Gasteiger partial charge in [0, 0.05) is 24.8 Å².